The van der Waals surface area contributed by atoms with Crippen LogP contribution in [-0.4, -0.2) is 10.7 Å². The Morgan fingerprint density at radius 1 is 1.10 bits per heavy atom. The van der Waals surface area contributed by atoms with Gasteiger partial charge in [-0.2, -0.15) is 0 Å². The van der Waals surface area contributed by atoms with E-state index >= 15 is 0 Å². The van der Waals surface area contributed by atoms with Gasteiger partial charge in [0.15, 0.2) is 0 Å². The van der Waals surface area contributed by atoms with Crippen molar-refractivity contribution >= 4 is 0 Å². The molecular weight excluding hydrogens is 244 g/mol. The van der Waals surface area contributed by atoms with Crippen molar-refractivity contribution in [2.45, 2.75) is 71.3 Å². The van der Waals surface area contributed by atoms with Gasteiger partial charge in [-0.1, -0.05) is 58.9 Å². The number of rotatable bonds is 2. The molecule has 0 amide bonds. The molecular formula is C19H30O. The summed E-state index contributed by atoms with van der Waals surface area (Å²) in [6.45, 7) is 11.3. The van der Waals surface area contributed by atoms with Gasteiger partial charge >= 0.3 is 0 Å². The highest BCUT2D eigenvalue weighted by atomic mass is 16.3. The zero-order valence-corrected chi connectivity index (χ0v) is 13.7. The van der Waals surface area contributed by atoms with E-state index in [0.717, 1.165) is 31.6 Å². The summed E-state index contributed by atoms with van der Waals surface area (Å²) in [6.07, 6.45) is 3.83. The molecule has 0 aliphatic heterocycles. The molecule has 112 valence electrons. The zero-order valence-electron chi connectivity index (χ0n) is 13.7. The van der Waals surface area contributed by atoms with Crippen LogP contribution in [0.1, 0.15) is 65.0 Å². The van der Waals surface area contributed by atoms with Gasteiger partial charge in [-0.15, -0.1) is 0 Å². The van der Waals surface area contributed by atoms with Gasteiger partial charge in [0.1, 0.15) is 0 Å². The highest BCUT2D eigenvalue weighted by Gasteiger charge is 2.35. The molecule has 1 aromatic rings. The van der Waals surface area contributed by atoms with Gasteiger partial charge in [-0.05, 0) is 47.6 Å². The van der Waals surface area contributed by atoms with Crippen LogP contribution in [0.5, 0.6) is 0 Å². The molecule has 1 heteroatoms. The van der Waals surface area contributed by atoms with E-state index in [9.17, 15) is 5.11 Å². The van der Waals surface area contributed by atoms with Crippen molar-refractivity contribution in [1.29, 1.82) is 0 Å². The Labute approximate surface area is 124 Å². The molecule has 1 aromatic carbocycles. The molecule has 1 N–H and O–H groups in total. The largest absolute Gasteiger partial charge is 0.390 e. The molecule has 3 unspecified atom stereocenters. The molecule has 0 spiro atoms. The minimum absolute atomic E-state index is 0.199. The van der Waals surface area contributed by atoms with E-state index in [1.54, 1.807) is 0 Å². The van der Waals surface area contributed by atoms with Crippen molar-refractivity contribution in [3.05, 3.63) is 35.4 Å². The molecule has 0 saturated heterocycles. The predicted octanol–water partition coefficient (Wildman–Crippen LogP) is 4.71. The summed E-state index contributed by atoms with van der Waals surface area (Å²) < 4.78 is 0. The van der Waals surface area contributed by atoms with Crippen LogP contribution in [0.25, 0.3) is 0 Å². The Bertz CT molecular complexity index is 440. The van der Waals surface area contributed by atoms with Crippen LogP contribution in [0, 0.1) is 11.8 Å². The van der Waals surface area contributed by atoms with Crippen LogP contribution in [0.4, 0.5) is 0 Å². The smallest absolute Gasteiger partial charge is 0.0690 e. The molecule has 3 atom stereocenters. The molecule has 1 aliphatic rings. The average Bonchev–Trinajstić information content (AvgIpc) is 2.34. The fourth-order valence-corrected chi connectivity index (χ4v) is 3.35. The molecule has 1 aliphatic carbocycles. The SMILES string of the molecule is CC1CCC(O)(Cc2ccc(C(C)(C)C)cc2)CC1C. The highest BCUT2D eigenvalue weighted by molar-refractivity contribution is 5.28. The van der Waals surface area contributed by atoms with E-state index in [-0.39, 0.29) is 5.41 Å². The van der Waals surface area contributed by atoms with E-state index in [1.165, 1.54) is 11.1 Å². The molecule has 1 nitrogen and oxygen atoms in total. The van der Waals surface area contributed by atoms with Gasteiger partial charge in [0.25, 0.3) is 0 Å². The summed E-state index contributed by atoms with van der Waals surface area (Å²) in [5, 5.41) is 10.8. The Kier molecular flexibility index (Phi) is 4.30. The fourth-order valence-electron chi connectivity index (χ4n) is 3.35. The van der Waals surface area contributed by atoms with Gasteiger partial charge < -0.3 is 5.11 Å². The summed E-state index contributed by atoms with van der Waals surface area (Å²) in [7, 11) is 0. The second-order valence-electron chi connectivity index (χ2n) is 8.05. The van der Waals surface area contributed by atoms with Crippen LogP contribution in [0.15, 0.2) is 24.3 Å². The van der Waals surface area contributed by atoms with Crippen molar-refractivity contribution in [3.8, 4) is 0 Å². The predicted molar refractivity (Wildman–Crippen MR) is 86.0 cm³/mol. The summed E-state index contributed by atoms with van der Waals surface area (Å²) >= 11 is 0. The molecule has 0 heterocycles. The Hall–Kier alpha value is -0.820. The van der Waals surface area contributed by atoms with Gasteiger partial charge in [-0.25, -0.2) is 0 Å². The molecule has 1 saturated carbocycles. The third kappa shape index (κ3) is 3.63. The van der Waals surface area contributed by atoms with E-state index in [0.29, 0.717) is 5.92 Å². The van der Waals surface area contributed by atoms with Gasteiger partial charge in [0, 0.05) is 6.42 Å². The lowest BCUT2D eigenvalue weighted by atomic mass is 9.71. The fraction of sp³-hybridized carbons (Fsp3) is 0.684. The molecule has 20 heavy (non-hydrogen) atoms. The van der Waals surface area contributed by atoms with Crippen molar-refractivity contribution < 1.29 is 5.11 Å². The van der Waals surface area contributed by atoms with Crippen molar-refractivity contribution in [3.63, 3.8) is 0 Å². The van der Waals surface area contributed by atoms with Crippen LogP contribution >= 0.6 is 0 Å². The summed E-state index contributed by atoms with van der Waals surface area (Å²) in [5.74, 6) is 1.38. The maximum atomic E-state index is 10.8. The lowest BCUT2D eigenvalue weighted by Gasteiger charge is -2.39. The first-order valence-electron chi connectivity index (χ1n) is 8.01. The monoisotopic (exact) mass is 274 g/mol. The third-order valence-electron chi connectivity index (χ3n) is 5.09. The first-order chi connectivity index (χ1) is 9.20. The standard InChI is InChI=1S/C19H30O/c1-14-10-11-19(20,12-15(14)2)13-16-6-8-17(9-7-16)18(3,4)5/h6-9,14-15,20H,10-13H2,1-5H3. The second-order valence-corrected chi connectivity index (χ2v) is 8.05. The van der Waals surface area contributed by atoms with Crippen molar-refractivity contribution in [1.82, 2.24) is 0 Å². The zero-order chi connectivity index (χ0) is 15.0. The first-order valence-corrected chi connectivity index (χ1v) is 8.01. The minimum Gasteiger partial charge on any atom is -0.390 e. The van der Waals surface area contributed by atoms with Crippen LogP contribution < -0.4 is 0 Å². The molecule has 2 rings (SSSR count). The van der Waals surface area contributed by atoms with E-state index in [1.807, 2.05) is 0 Å². The maximum Gasteiger partial charge on any atom is 0.0690 e. The van der Waals surface area contributed by atoms with Gasteiger partial charge in [0.2, 0.25) is 0 Å². The number of hydrogen-bond acceptors (Lipinski definition) is 1. The third-order valence-corrected chi connectivity index (χ3v) is 5.09. The number of aliphatic hydroxyl groups is 1. The van der Waals surface area contributed by atoms with Gasteiger partial charge in [0.05, 0.1) is 5.60 Å². The summed E-state index contributed by atoms with van der Waals surface area (Å²) in [4.78, 5) is 0. The lowest BCUT2D eigenvalue weighted by molar-refractivity contribution is -0.0279. The molecule has 0 bridgehead atoms. The van der Waals surface area contributed by atoms with Crippen molar-refractivity contribution in [2.75, 3.05) is 0 Å². The highest BCUT2D eigenvalue weighted by Crippen LogP contribution is 2.38. The second kappa shape index (κ2) is 5.52. The average molecular weight is 274 g/mol. The lowest BCUT2D eigenvalue weighted by Crippen LogP contribution is -2.39. The maximum absolute atomic E-state index is 10.8. The number of hydrogen-bond donors (Lipinski definition) is 1. The normalized spacial score (nSPS) is 31.3. The minimum atomic E-state index is -0.491. The molecule has 0 aromatic heterocycles. The van der Waals surface area contributed by atoms with Crippen LogP contribution in [-0.2, 0) is 11.8 Å². The van der Waals surface area contributed by atoms with E-state index in [4.69, 9.17) is 0 Å². The summed E-state index contributed by atoms with van der Waals surface area (Å²) in [6, 6.07) is 8.82. The molecule has 0 radical (unpaired) electrons. The Balaban J connectivity index is 2.06. The Morgan fingerprint density at radius 3 is 2.20 bits per heavy atom. The number of benzene rings is 1. The van der Waals surface area contributed by atoms with Crippen LogP contribution in [0.3, 0.4) is 0 Å². The van der Waals surface area contributed by atoms with E-state index < -0.39 is 5.60 Å². The molecule has 1 fully saturated rings. The van der Waals surface area contributed by atoms with E-state index in [2.05, 4.69) is 58.9 Å². The van der Waals surface area contributed by atoms with Gasteiger partial charge in [-0.3, -0.25) is 0 Å². The Morgan fingerprint density at radius 2 is 1.70 bits per heavy atom. The quantitative estimate of drug-likeness (QED) is 0.827. The van der Waals surface area contributed by atoms with Crippen molar-refractivity contribution in [2.24, 2.45) is 11.8 Å². The van der Waals surface area contributed by atoms with Crippen LogP contribution in [0.2, 0.25) is 0 Å². The summed E-state index contributed by atoms with van der Waals surface area (Å²) in [5.41, 5.74) is 2.33. The topological polar surface area (TPSA) is 20.2 Å². The first kappa shape index (κ1) is 15.6.